The van der Waals surface area contributed by atoms with E-state index in [1.165, 1.54) is 24.3 Å². The van der Waals surface area contributed by atoms with Crippen LogP contribution in [0, 0.1) is 0 Å². The van der Waals surface area contributed by atoms with E-state index in [0.717, 1.165) is 0 Å². The molecule has 1 amide bonds. The highest BCUT2D eigenvalue weighted by Crippen LogP contribution is 2.37. The molecule has 0 aliphatic heterocycles. The van der Waals surface area contributed by atoms with Gasteiger partial charge in [-0.1, -0.05) is 30.3 Å². The lowest BCUT2D eigenvalue weighted by Crippen LogP contribution is -2.49. The van der Waals surface area contributed by atoms with Crippen molar-refractivity contribution in [1.29, 1.82) is 0 Å². The smallest absolute Gasteiger partial charge is 0.350 e. The maximum Gasteiger partial charge on any atom is 0.396 e. The summed E-state index contributed by atoms with van der Waals surface area (Å²) in [5.74, 6) is -2.47. The molecule has 0 heterocycles. The van der Waals surface area contributed by atoms with E-state index in [4.69, 9.17) is 5.73 Å². The average molecular weight is 288 g/mol. The zero-order chi connectivity index (χ0) is 15.4. The van der Waals surface area contributed by atoms with E-state index >= 15 is 0 Å². The fourth-order valence-corrected chi connectivity index (χ4v) is 1.77. The zero-order valence-electron chi connectivity index (χ0n) is 11.5. The summed E-state index contributed by atoms with van der Waals surface area (Å²) in [5.41, 5.74) is 4.81. The van der Waals surface area contributed by atoms with Gasteiger partial charge in [0.1, 0.15) is 0 Å². The Labute approximate surface area is 116 Å². The number of benzene rings is 1. The van der Waals surface area contributed by atoms with Crippen molar-refractivity contribution >= 4 is 5.91 Å². The van der Waals surface area contributed by atoms with Crippen LogP contribution in [0.5, 0.6) is 0 Å². The van der Waals surface area contributed by atoms with Crippen LogP contribution in [0.2, 0.25) is 0 Å². The molecule has 1 rings (SSSR count). The van der Waals surface area contributed by atoms with Crippen molar-refractivity contribution in [3.8, 4) is 0 Å². The molecule has 0 aliphatic carbocycles. The number of rotatable bonds is 5. The largest absolute Gasteiger partial charge is 0.396 e. The number of nitrogens with one attached hydrogen (secondary N) is 1. The Hall–Kier alpha value is -1.56. The van der Waals surface area contributed by atoms with Crippen LogP contribution in [0.25, 0.3) is 0 Å². The number of hydrogen-bond acceptors (Lipinski definition) is 2. The third-order valence-corrected chi connectivity index (χ3v) is 2.97. The van der Waals surface area contributed by atoms with Gasteiger partial charge in [0, 0.05) is 18.5 Å². The average Bonchev–Trinajstić information content (AvgIpc) is 2.35. The van der Waals surface area contributed by atoms with Gasteiger partial charge in [-0.2, -0.15) is 13.2 Å². The van der Waals surface area contributed by atoms with Gasteiger partial charge < -0.3 is 11.1 Å². The van der Waals surface area contributed by atoms with Crippen molar-refractivity contribution < 1.29 is 18.0 Å². The first-order valence-electron chi connectivity index (χ1n) is 6.28. The van der Waals surface area contributed by atoms with Crippen LogP contribution in [0.1, 0.15) is 31.7 Å². The Kier molecular flexibility index (Phi) is 5.16. The summed E-state index contributed by atoms with van der Waals surface area (Å²) in [6, 6.07) is 7.43. The number of alkyl halides is 3. The minimum Gasteiger partial charge on any atom is -0.350 e. The summed E-state index contributed by atoms with van der Waals surface area (Å²) < 4.78 is 39.2. The number of halogens is 3. The standard InChI is InChI=1S/C14H19F3N2O/c1-13(2,9-18)19-12(20)8-11(14(15,16)17)10-6-4-3-5-7-10/h3-7,11H,8-9,18H2,1-2H3,(H,19,20). The lowest BCUT2D eigenvalue weighted by atomic mass is 9.94. The van der Waals surface area contributed by atoms with E-state index in [0.29, 0.717) is 0 Å². The van der Waals surface area contributed by atoms with E-state index in [1.807, 2.05) is 0 Å². The van der Waals surface area contributed by atoms with Gasteiger partial charge in [0.2, 0.25) is 5.91 Å². The molecule has 0 bridgehead atoms. The third kappa shape index (κ3) is 4.85. The van der Waals surface area contributed by atoms with Gasteiger partial charge in [-0.15, -0.1) is 0 Å². The topological polar surface area (TPSA) is 55.1 Å². The molecule has 0 aliphatic rings. The first-order chi connectivity index (χ1) is 9.15. The molecule has 0 radical (unpaired) electrons. The van der Waals surface area contributed by atoms with E-state index in [-0.39, 0.29) is 12.1 Å². The summed E-state index contributed by atoms with van der Waals surface area (Å²) in [6.07, 6.45) is -5.11. The van der Waals surface area contributed by atoms with Crippen molar-refractivity contribution in [2.24, 2.45) is 5.73 Å². The quantitative estimate of drug-likeness (QED) is 0.875. The second-order valence-electron chi connectivity index (χ2n) is 5.35. The number of nitrogens with two attached hydrogens (primary N) is 1. The predicted molar refractivity (Wildman–Crippen MR) is 71.1 cm³/mol. The maximum atomic E-state index is 13.1. The van der Waals surface area contributed by atoms with Crippen molar-refractivity contribution in [1.82, 2.24) is 5.32 Å². The van der Waals surface area contributed by atoms with E-state index in [2.05, 4.69) is 5.32 Å². The van der Waals surface area contributed by atoms with Crippen LogP contribution in [0.3, 0.4) is 0 Å². The van der Waals surface area contributed by atoms with Crippen molar-refractivity contribution in [2.45, 2.75) is 37.9 Å². The molecule has 0 fully saturated rings. The Bertz CT molecular complexity index is 443. The summed E-state index contributed by atoms with van der Waals surface area (Å²) in [7, 11) is 0. The van der Waals surface area contributed by atoms with Gasteiger partial charge in [0.15, 0.2) is 0 Å². The molecule has 0 aromatic heterocycles. The SMILES string of the molecule is CC(C)(CN)NC(=O)CC(c1ccccc1)C(F)(F)F. The summed E-state index contributed by atoms with van der Waals surface area (Å²) in [6.45, 7) is 3.48. The zero-order valence-corrected chi connectivity index (χ0v) is 11.5. The third-order valence-electron chi connectivity index (χ3n) is 2.97. The van der Waals surface area contributed by atoms with Crippen LogP contribution in [0.4, 0.5) is 13.2 Å². The molecule has 3 N–H and O–H groups in total. The molecule has 6 heteroatoms. The monoisotopic (exact) mass is 288 g/mol. The van der Waals surface area contributed by atoms with E-state index in [9.17, 15) is 18.0 Å². The van der Waals surface area contributed by atoms with Crippen LogP contribution in [-0.2, 0) is 4.79 Å². The molecule has 1 unspecified atom stereocenters. The Morgan fingerprint density at radius 2 is 1.80 bits per heavy atom. The molecule has 0 saturated heterocycles. The second-order valence-corrected chi connectivity index (χ2v) is 5.35. The lowest BCUT2D eigenvalue weighted by Gasteiger charge is -2.26. The van der Waals surface area contributed by atoms with Gasteiger partial charge in [0.05, 0.1) is 5.92 Å². The van der Waals surface area contributed by atoms with Gasteiger partial charge >= 0.3 is 6.18 Å². The highest BCUT2D eigenvalue weighted by Gasteiger charge is 2.42. The minimum atomic E-state index is -4.47. The lowest BCUT2D eigenvalue weighted by molar-refractivity contribution is -0.157. The Morgan fingerprint density at radius 3 is 2.25 bits per heavy atom. The molecule has 1 aromatic rings. The van der Waals surface area contributed by atoms with Crippen molar-refractivity contribution in [3.63, 3.8) is 0 Å². The van der Waals surface area contributed by atoms with E-state index < -0.39 is 30.0 Å². The molecule has 1 atom stereocenters. The summed E-state index contributed by atoms with van der Waals surface area (Å²) >= 11 is 0. The molecule has 0 spiro atoms. The fraction of sp³-hybridized carbons (Fsp3) is 0.500. The molecule has 0 saturated carbocycles. The Balaban J connectivity index is 2.85. The Morgan fingerprint density at radius 1 is 1.25 bits per heavy atom. The number of carbonyl (C=O) groups is 1. The van der Waals surface area contributed by atoms with Gasteiger partial charge in [0.25, 0.3) is 0 Å². The highest BCUT2D eigenvalue weighted by atomic mass is 19.4. The van der Waals surface area contributed by atoms with Gasteiger partial charge in [-0.3, -0.25) is 4.79 Å². The van der Waals surface area contributed by atoms with Crippen molar-refractivity contribution in [2.75, 3.05) is 6.54 Å². The highest BCUT2D eigenvalue weighted by molar-refractivity contribution is 5.77. The van der Waals surface area contributed by atoms with Crippen LogP contribution in [-0.4, -0.2) is 24.2 Å². The van der Waals surface area contributed by atoms with Gasteiger partial charge in [-0.25, -0.2) is 0 Å². The molecule has 112 valence electrons. The summed E-state index contributed by atoms with van der Waals surface area (Å²) in [4.78, 5) is 11.8. The second kappa shape index (κ2) is 6.26. The number of amides is 1. The predicted octanol–water partition coefficient (Wildman–Crippen LogP) is 2.58. The van der Waals surface area contributed by atoms with Gasteiger partial charge in [-0.05, 0) is 19.4 Å². The van der Waals surface area contributed by atoms with Crippen LogP contribution < -0.4 is 11.1 Å². The first kappa shape index (κ1) is 16.5. The number of hydrogen-bond donors (Lipinski definition) is 2. The van der Waals surface area contributed by atoms with Crippen LogP contribution in [0.15, 0.2) is 30.3 Å². The summed E-state index contributed by atoms with van der Waals surface area (Å²) in [5, 5.41) is 2.51. The van der Waals surface area contributed by atoms with E-state index in [1.54, 1.807) is 19.9 Å². The molecule has 1 aromatic carbocycles. The molecular formula is C14H19F3N2O. The molecular weight excluding hydrogens is 269 g/mol. The normalized spacial score (nSPS) is 13.9. The minimum absolute atomic E-state index is 0.0840. The van der Waals surface area contributed by atoms with Crippen molar-refractivity contribution in [3.05, 3.63) is 35.9 Å². The van der Waals surface area contributed by atoms with Crippen LogP contribution >= 0.6 is 0 Å². The fourth-order valence-electron chi connectivity index (χ4n) is 1.77. The molecule has 20 heavy (non-hydrogen) atoms. The first-order valence-corrected chi connectivity index (χ1v) is 6.28. The maximum absolute atomic E-state index is 13.1. The number of carbonyl (C=O) groups excluding carboxylic acids is 1. The molecule has 3 nitrogen and oxygen atoms in total.